The van der Waals surface area contributed by atoms with E-state index in [1.165, 1.54) is 30.5 Å². The molecule has 2 heterocycles. The van der Waals surface area contributed by atoms with Crippen molar-refractivity contribution in [3.8, 4) is 0 Å². The lowest BCUT2D eigenvalue weighted by atomic mass is 9.87. The Hall–Kier alpha value is -5.19. The number of ketones is 1. The number of aromatic nitrogens is 4. The Morgan fingerprint density at radius 2 is 1.35 bits per heavy atom. The quantitative estimate of drug-likeness (QED) is 0.0495. The summed E-state index contributed by atoms with van der Waals surface area (Å²) in [6, 6.07) is 20.6. The second kappa shape index (κ2) is 20.6. The second-order valence-electron chi connectivity index (χ2n) is 13.5. The summed E-state index contributed by atoms with van der Waals surface area (Å²) in [5, 5.41) is 6.90. The fourth-order valence-corrected chi connectivity index (χ4v) is 6.58. The summed E-state index contributed by atoms with van der Waals surface area (Å²) < 4.78 is 10.8. The molecule has 2 N–H and O–H groups in total. The van der Waals surface area contributed by atoms with E-state index in [4.69, 9.17) is 14.5 Å². The third kappa shape index (κ3) is 12.2. The Morgan fingerprint density at radius 1 is 0.750 bits per heavy atom. The highest BCUT2D eigenvalue weighted by Gasteiger charge is 2.24. The molecule has 11 heteroatoms. The summed E-state index contributed by atoms with van der Waals surface area (Å²) in [6.07, 6.45) is 9.54. The first-order valence-electron chi connectivity index (χ1n) is 18.3. The van der Waals surface area contributed by atoms with E-state index in [0.29, 0.717) is 37.2 Å². The number of ether oxygens (including phenoxy) is 2. The number of hydrogen-bond donors (Lipinski definition) is 2. The molecule has 0 radical (unpaired) electrons. The average molecular weight is 709 g/mol. The van der Waals surface area contributed by atoms with Gasteiger partial charge in [0, 0.05) is 43.5 Å². The minimum atomic E-state index is -0.922. The predicted octanol–water partition coefficient (Wildman–Crippen LogP) is 7.89. The first kappa shape index (κ1) is 39.6. The van der Waals surface area contributed by atoms with Gasteiger partial charge < -0.3 is 20.1 Å². The average Bonchev–Trinajstić information content (AvgIpc) is 3.15. The van der Waals surface area contributed by atoms with Crippen LogP contribution in [0.1, 0.15) is 110 Å². The van der Waals surface area contributed by atoms with Crippen molar-refractivity contribution in [1.29, 1.82) is 0 Å². The van der Waals surface area contributed by atoms with Gasteiger partial charge in [-0.15, -0.1) is 0 Å². The number of nitrogens with zero attached hydrogens (tertiary/aromatic N) is 4. The number of nitrogens with one attached hydrogen (secondary N) is 2. The molecule has 5 unspecified atom stereocenters. The van der Waals surface area contributed by atoms with Gasteiger partial charge in [-0.25, -0.2) is 24.5 Å². The molecule has 2 aromatic heterocycles. The summed E-state index contributed by atoms with van der Waals surface area (Å²) in [6.45, 7) is 11.5. The summed E-state index contributed by atoms with van der Waals surface area (Å²) in [4.78, 5) is 54.9. The molecule has 0 amide bonds. The van der Waals surface area contributed by atoms with E-state index < -0.39 is 23.8 Å². The van der Waals surface area contributed by atoms with Gasteiger partial charge in [0.2, 0.25) is 5.95 Å². The second-order valence-corrected chi connectivity index (χ2v) is 13.5. The van der Waals surface area contributed by atoms with E-state index in [1.807, 2.05) is 24.3 Å². The minimum absolute atomic E-state index is 0.0643. The normalized spacial score (nSPS) is 13.9. The van der Waals surface area contributed by atoms with Crippen molar-refractivity contribution in [2.24, 2.45) is 11.8 Å². The molecule has 5 atom stereocenters. The van der Waals surface area contributed by atoms with Gasteiger partial charge in [0.05, 0.1) is 18.3 Å². The summed E-state index contributed by atoms with van der Waals surface area (Å²) in [5.41, 5.74) is 2.76. The van der Waals surface area contributed by atoms with Gasteiger partial charge in [-0.2, -0.15) is 4.98 Å². The molecular weight excluding hydrogens is 656 g/mol. The van der Waals surface area contributed by atoms with Crippen molar-refractivity contribution in [3.05, 3.63) is 108 Å². The van der Waals surface area contributed by atoms with Crippen LogP contribution in [0.4, 0.5) is 11.8 Å². The SMILES string of the molecule is CCCC(C)CC(CNc1nc(NCC(CC(C)CC(C)OC(=O)C(=O)c2cncnc2)c2ccccc2)ncc1C(=O)OCC)c1ccccc1. The fourth-order valence-electron chi connectivity index (χ4n) is 6.58. The van der Waals surface area contributed by atoms with Gasteiger partial charge in [0.1, 0.15) is 17.7 Å². The lowest BCUT2D eigenvalue weighted by molar-refractivity contribution is -0.143. The van der Waals surface area contributed by atoms with E-state index >= 15 is 0 Å². The topological polar surface area (TPSA) is 145 Å². The molecular formula is C41H52N6O5. The van der Waals surface area contributed by atoms with Crippen LogP contribution in [0.2, 0.25) is 0 Å². The van der Waals surface area contributed by atoms with Crippen molar-refractivity contribution >= 4 is 29.5 Å². The number of carbonyl (C=O) groups is 3. The number of carbonyl (C=O) groups excluding carboxylic acids is 3. The molecule has 4 rings (SSSR count). The van der Waals surface area contributed by atoms with E-state index in [9.17, 15) is 14.4 Å². The maximum absolute atomic E-state index is 13.0. The summed E-state index contributed by atoms with van der Waals surface area (Å²) in [7, 11) is 0. The van der Waals surface area contributed by atoms with Crippen LogP contribution in [0.5, 0.6) is 0 Å². The Kier molecular flexibility index (Phi) is 15.7. The molecule has 0 bridgehead atoms. The zero-order valence-electron chi connectivity index (χ0n) is 31.0. The highest BCUT2D eigenvalue weighted by molar-refractivity contribution is 6.40. The van der Waals surface area contributed by atoms with E-state index in [0.717, 1.165) is 31.2 Å². The molecule has 0 aliphatic heterocycles. The van der Waals surface area contributed by atoms with Crippen LogP contribution in [-0.2, 0) is 14.3 Å². The van der Waals surface area contributed by atoms with Crippen molar-refractivity contribution in [1.82, 2.24) is 19.9 Å². The first-order valence-corrected chi connectivity index (χ1v) is 18.3. The molecule has 0 spiro atoms. The van der Waals surface area contributed by atoms with E-state index in [1.54, 1.807) is 13.8 Å². The molecule has 0 saturated heterocycles. The Bertz CT molecular complexity index is 1690. The van der Waals surface area contributed by atoms with E-state index in [2.05, 4.69) is 82.8 Å². The standard InChI is InChI=1S/C41H52N6O5/c1-6-14-28(3)20-33(31-15-10-8-11-16-31)24-44-38-36(39(49)51-7-2)26-46-41(47-38)45-25-34(32-17-12-9-13-18-32)21-29(4)19-30(5)52-40(50)37(48)35-22-42-27-43-23-35/h8-13,15-18,22-23,26-30,33-34H,6-7,14,19-21,24-25H2,1-5H3,(H2,44,45,46,47). The number of hydrogen-bond acceptors (Lipinski definition) is 11. The van der Waals surface area contributed by atoms with Gasteiger partial charge in [0.25, 0.3) is 5.78 Å². The number of benzene rings is 2. The molecule has 52 heavy (non-hydrogen) atoms. The molecule has 4 aromatic rings. The van der Waals surface area contributed by atoms with Crippen molar-refractivity contribution < 1.29 is 23.9 Å². The zero-order chi connectivity index (χ0) is 37.3. The van der Waals surface area contributed by atoms with E-state index in [-0.39, 0.29) is 35.5 Å². The van der Waals surface area contributed by atoms with Crippen molar-refractivity contribution in [2.75, 3.05) is 30.3 Å². The smallest absolute Gasteiger partial charge is 0.380 e. The third-order valence-electron chi connectivity index (χ3n) is 9.05. The number of esters is 2. The zero-order valence-corrected chi connectivity index (χ0v) is 31.0. The number of Topliss-reactive ketones (excluding diaryl/α,β-unsaturated/α-hetero) is 1. The molecule has 0 fully saturated rings. The molecule has 0 saturated carbocycles. The number of rotatable bonds is 21. The first-order chi connectivity index (χ1) is 25.2. The molecule has 0 aliphatic carbocycles. The molecule has 11 nitrogen and oxygen atoms in total. The fraction of sp³-hybridized carbons (Fsp3) is 0.439. The maximum Gasteiger partial charge on any atom is 0.380 e. The summed E-state index contributed by atoms with van der Waals surface area (Å²) >= 11 is 0. The third-order valence-corrected chi connectivity index (χ3v) is 9.05. The van der Waals surface area contributed by atoms with Crippen molar-refractivity contribution in [3.63, 3.8) is 0 Å². The largest absolute Gasteiger partial charge is 0.462 e. The maximum atomic E-state index is 13.0. The molecule has 0 aliphatic rings. The van der Waals surface area contributed by atoms with Crippen LogP contribution in [0.3, 0.4) is 0 Å². The van der Waals surface area contributed by atoms with Gasteiger partial charge >= 0.3 is 11.9 Å². The molecule has 276 valence electrons. The highest BCUT2D eigenvalue weighted by atomic mass is 16.5. The van der Waals surface area contributed by atoms with Crippen LogP contribution in [0.15, 0.2) is 85.6 Å². The van der Waals surface area contributed by atoms with Crippen LogP contribution in [-0.4, -0.2) is 63.5 Å². The monoisotopic (exact) mass is 708 g/mol. The van der Waals surface area contributed by atoms with Crippen LogP contribution < -0.4 is 10.6 Å². The van der Waals surface area contributed by atoms with Gasteiger partial charge in [-0.05, 0) is 56.1 Å². The van der Waals surface area contributed by atoms with Gasteiger partial charge in [-0.1, -0.05) is 94.3 Å². The van der Waals surface area contributed by atoms with Gasteiger partial charge in [-0.3, -0.25) is 4.79 Å². The Balaban J connectivity index is 1.46. The predicted molar refractivity (Wildman–Crippen MR) is 202 cm³/mol. The van der Waals surface area contributed by atoms with Crippen LogP contribution in [0, 0.1) is 11.8 Å². The Morgan fingerprint density at radius 3 is 1.94 bits per heavy atom. The van der Waals surface area contributed by atoms with Crippen LogP contribution >= 0.6 is 0 Å². The number of anilines is 2. The lowest BCUT2D eigenvalue weighted by Gasteiger charge is -2.24. The minimum Gasteiger partial charge on any atom is -0.462 e. The lowest BCUT2D eigenvalue weighted by Crippen LogP contribution is -2.25. The van der Waals surface area contributed by atoms with Crippen molar-refractivity contribution in [2.45, 2.75) is 84.7 Å². The summed E-state index contributed by atoms with van der Waals surface area (Å²) in [5.74, 6) is -0.373. The molecule has 2 aromatic carbocycles. The van der Waals surface area contributed by atoms with Crippen LogP contribution in [0.25, 0.3) is 0 Å². The van der Waals surface area contributed by atoms with Gasteiger partial charge in [0.15, 0.2) is 0 Å². The highest BCUT2D eigenvalue weighted by Crippen LogP contribution is 2.29. The Labute approximate surface area is 307 Å².